The van der Waals surface area contributed by atoms with Gasteiger partial charge >= 0.3 is 0 Å². The molecule has 0 spiro atoms. The minimum absolute atomic E-state index is 0.0426. The third-order valence-electron chi connectivity index (χ3n) is 4.12. The lowest BCUT2D eigenvalue weighted by Crippen LogP contribution is -2.25. The summed E-state index contributed by atoms with van der Waals surface area (Å²) in [5, 5.41) is 6.72. The lowest BCUT2D eigenvalue weighted by atomic mass is 10.1. The predicted octanol–water partition coefficient (Wildman–Crippen LogP) is 4.00. The van der Waals surface area contributed by atoms with Gasteiger partial charge in [-0.1, -0.05) is 42.5 Å². The molecule has 0 aliphatic heterocycles. The lowest BCUT2D eigenvalue weighted by molar-refractivity contribution is -0.123. The minimum Gasteiger partial charge on any atom is -0.484 e. The number of carbonyl (C=O) groups excluding carboxylic acids is 2. The number of hydrogen-bond acceptors (Lipinski definition) is 4. The molecule has 0 saturated carbocycles. The van der Waals surface area contributed by atoms with E-state index < -0.39 is 17.6 Å². The Morgan fingerprint density at radius 1 is 0.967 bits per heavy atom. The van der Waals surface area contributed by atoms with Crippen molar-refractivity contribution < 1.29 is 18.7 Å². The summed E-state index contributed by atoms with van der Waals surface area (Å²) in [5.41, 5.74) is 4.09. The van der Waals surface area contributed by atoms with E-state index >= 15 is 0 Å². The minimum atomic E-state index is -0.593. The molecule has 0 fully saturated rings. The quantitative estimate of drug-likeness (QED) is 0.461. The standard InChI is InChI=1S/C23H20FN3O3/c1-16(26-27-22(28)15-30-19-10-3-2-4-11-19)17-8-7-9-18(14-17)25-23(29)20-12-5-6-13-21(20)24/h2-14H,15H2,1H3,(H,25,29)(H,27,28)/b26-16+. The molecule has 0 heterocycles. The van der Waals surface area contributed by atoms with Crippen molar-refractivity contribution in [2.45, 2.75) is 6.92 Å². The van der Waals surface area contributed by atoms with Crippen LogP contribution in [0.2, 0.25) is 0 Å². The van der Waals surface area contributed by atoms with E-state index in [2.05, 4.69) is 15.8 Å². The molecule has 3 rings (SSSR count). The molecule has 0 aromatic heterocycles. The van der Waals surface area contributed by atoms with Crippen molar-refractivity contribution in [2.24, 2.45) is 5.10 Å². The number of halogens is 1. The fourth-order valence-electron chi connectivity index (χ4n) is 2.57. The van der Waals surface area contributed by atoms with Gasteiger partial charge in [0.25, 0.3) is 11.8 Å². The fourth-order valence-corrected chi connectivity index (χ4v) is 2.57. The molecule has 2 amide bonds. The number of hydrazone groups is 1. The van der Waals surface area contributed by atoms with Crippen LogP contribution in [0, 0.1) is 5.82 Å². The zero-order chi connectivity index (χ0) is 21.3. The topological polar surface area (TPSA) is 79.8 Å². The van der Waals surface area contributed by atoms with Crippen LogP contribution in [0.1, 0.15) is 22.8 Å². The average Bonchev–Trinajstić information content (AvgIpc) is 2.77. The summed E-state index contributed by atoms with van der Waals surface area (Å²) in [4.78, 5) is 24.2. The zero-order valence-electron chi connectivity index (χ0n) is 16.3. The van der Waals surface area contributed by atoms with E-state index in [4.69, 9.17) is 4.74 Å². The number of rotatable bonds is 7. The summed E-state index contributed by atoms with van der Waals surface area (Å²) < 4.78 is 19.1. The van der Waals surface area contributed by atoms with Crippen LogP contribution < -0.4 is 15.5 Å². The summed E-state index contributed by atoms with van der Waals surface area (Å²) in [6.07, 6.45) is 0. The van der Waals surface area contributed by atoms with Crippen molar-refractivity contribution in [3.8, 4) is 5.75 Å². The van der Waals surface area contributed by atoms with Gasteiger partial charge in [0, 0.05) is 5.69 Å². The first-order valence-electron chi connectivity index (χ1n) is 9.20. The lowest BCUT2D eigenvalue weighted by Gasteiger charge is -2.09. The van der Waals surface area contributed by atoms with Gasteiger partial charge < -0.3 is 10.1 Å². The molecule has 0 aliphatic rings. The van der Waals surface area contributed by atoms with E-state index in [0.29, 0.717) is 22.7 Å². The highest BCUT2D eigenvalue weighted by Gasteiger charge is 2.11. The second-order valence-corrected chi connectivity index (χ2v) is 6.35. The van der Waals surface area contributed by atoms with Gasteiger partial charge in [0.15, 0.2) is 6.61 Å². The highest BCUT2D eigenvalue weighted by Crippen LogP contribution is 2.15. The number of amides is 2. The van der Waals surface area contributed by atoms with Gasteiger partial charge in [-0.3, -0.25) is 9.59 Å². The van der Waals surface area contributed by atoms with Crippen molar-refractivity contribution in [1.82, 2.24) is 5.43 Å². The molecule has 0 aliphatic carbocycles. The van der Waals surface area contributed by atoms with Gasteiger partial charge in [-0.2, -0.15) is 5.10 Å². The Bertz CT molecular complexity index is 1070. The molecule has 30 heavy (non-hydrogen) atoms. The Labute approximate surface area is 173 Å². The Balaban J connectivity index is 1.59. The summed E-state index contributed by atoms with van der Waals surface area (Å²) in [6, 6.07) is 21.6. The summed E-state index contributed by atoms with van der Waals surface area (Å²) in [7, 11) is 0. The van der Waals surface area contributed by atoms with E-state index in [1.807, 2.05) is 18.2 Å². The van der Waals surface area contributed by atoms with Gasteiger partial charge in [0.1, 0.15) is 11.6 Å². The van der Waals surface area contributed by atoms with Crippen LogP contribution in [0.15, 0.2) is 84.0 Å². The van der Waals surface area contributed by atoms with Crippen LogP contribution in [0.25, 0.3) is 0 Å². The molecule has 152 valence electrons. The Kier molecular flexibility index (Phi) is 6.89. The fraction of sp³-hybridized carbons (Fsp3) is 0.0870. The highest BCUT2D eigenvalue weighted by atomic mass is 19.1. The SMILES string of the molecule is C/C(=N\NC(=O)COc1ccccc1)c1cccc(NC(=O)c2ccccc2F)c1. The van der Waals surface area contributed by atoms with Crippen molar-refractivity contribution in [3.05, 3.63) is 95.8 Å². The molecule has 3 aromatic carbocycles. The summed E-state index contributed by atoms with van der Waals surface area (Å²) in [5.74, 6) is -0.954. The second-order valence-electron chi connectivity index (χ2n) is 6.35. The Hall–Kier alpha value is -4.00. The van der Waals surface area contributed by atoms with Crippen molar-refractivity contribution in [2.75, 3.05) is 11.9 Å². The maximum absolute atomic E-state index is 13.8. The van der Waals surface area contributed by atoms with Crippen LogP contribution in [0.5, 0.6) is 5.75 Å². The van der Waals surface area contributed by atoms with Crippen molar-refractivity contribution in [3.63, 3.8) is 0 Å². The normalized spacial score (nSPS) is 10.9. The van der Waals surface area contributed by atoms with Gasteiger partial charge in [0.2, 0.25) is 0 Å². The van der Waals surface area contributed by atoms with Crippen LogP contribution in [-0.4, -0.2) is 24.1 Å². The largest absolute Gasteiger partial charge is 0.484 e. The number of ether oxygens (including phenoxy) is 1. The first kappa shape index (κ1) is 20.7. The number of nitrogens with zero attached hydrogens (tertiary/aromatic N) is 1. The van der Waals surface area contributed by atoms with Gasteiger partial charge in [-0.15, -0.1) is 0 Å². The van der Waals surface area contributed by atoms with E-state index in [1.165, 1.54) is 18.2 Å². The molecular weight excluding hydrogens is 385 g/mol. The zero-order valence-corrected chi connectivity index (χ0v) is 16.3. The molecule has 3 aromatic rings. The maximum atomic E-state index is 13.8. The predicted molar refractivity (Wildman–Crippen MR) is 113 cm³/mol. The third kappa shape index (κ3) is 5.75. The molecule has 0 radical (unpaired) electrons. The Morgan fingerprint density at radius 3 is 2.47 bits per heavy atom. The molecule has 0 saturated heterocycles. The smallest absolute Gasteiger partial charge is 0.277 e. The number of para-hydroxylation sites is 1. The van der Waals surface area contributed by atoms with Crippen LogP contribution in [0.3, 0.4) is 0 Å². The van der Waals surface area contributed by atoms with Crippen molar-refractivity contribution >= 4 is 23.2 Å². The van der Waals surface area contributed by atoms with E-state index in [1.54, 1.807) is 49.4 Å². The number of nitrogens with one attached hydrogen (secondary N) is 2. The second kappa shape index (κ2) is 9.97. The molecule has 2 N–H and O–H groups in total. The molecular formula is C23H20FN3O3. The Morgan fingerprint density at radius 2 is 1.70 bits per heavy atom. The average molecular weight is 405 g/mol. The third-order valence-corrected chi connectivity index (χ3v) is 4.12. The number of hydrogen-bond donors (Lipinski definition) is 2. The van der Waals surface area contributed by atoms with Crippen LogP contribution >= 0.6 is 0 Å². The number of anilines is 1. The van der Waals surface area contributed by atoms with Crippen molar-refractivity contribution in [1.29, 1.82) is 0 Å². The summed E-state index contributed by atoms with van der Waals surface area (Å²) in [6.45, 7) is 1.55. The maximum Gasteiger partial charge on any atom is 0.277 e. The number of carbonyl (C=O) groups is 2. The first-order chi connectivity index (χ1) is 14.5. The van der Waals surface area contributed by atoms with Gasteiger partial charge in [0.05, 0.1) is 11.3 Å². The molecule has 0 atom stereocenters. The van der Waals surface area contributed by atoms with Crippen LogP contribution in [0.4, 0.5) is 10.1 Å². The number of benzene rings is 3. The molecule has 7 heteroatoms. The summed E-state index contributed by atoms with van der Waals surface area (Å²) >= 11 is 0. The first-order valence-corrected chi connectivity index (χ1v) is 9.20. The van der Waals surface area contributed by atoms with E-state index in [9.17, 15) is 14.0 Å². The van der Waals surface area contributed by atoms with Gasteiger partial charge in [-0.25, -0.2) is 9.82 Å². The van der Waals surface area contributed by atoms with E-state index in [-0.39, 0.29) is 12.2 Å². The highest BCUT2D eigenvalue weighted by molar-refractivity contribution is 6.05. The molecule has 6 nitrogen and oxygen atoms in total. The van der Waals surface area contributed by atoms with Gasteiger partial charge in [-0.05, 0) is 48.9 Å². The molecule has 0 unspecified atom stereocenters. The monoisotopic (exact) mass is 405 g/mol. The van der Waals surface area contributed by atoms with E-state index in [0.717, 1.165) is 0 Å². The molecule has 0 bridgehead atoms. The van der Waals surface area contributed by atoms with Crippen LogP contribution in [-0.2, 0) is 4.79 Å².